The predicted octanol–water partition coefficient (Wildman–Crippen LogP) is 2.18. The van der Waals surface area contributed by atoms with Crippen LogP contribution in [0.2, 0.25) is 0 Å². The van der Waals surface area contributed by atoms with Gasteiger partial charge in [-0.25, -0.2) is 4.79 Å². The van der Waals surface area contributed by atoms with Crippen LogP contribution in [0.25, 0.3) is 11.0 Å². The summed E-state index contributed by atoms with van der Waals surface area (Å²) in [5, 5.41) is 3.19. The molecule has 0 fully saturated rings. The van der Waals surface area contributed by atoms with Gasteiger partial charge < -0.3 is 19.4 Å². The third-order valence-electron chi connectivity index (χ3n) is 3.78. The van der Waals surface area contributed by atoms with Gasteiger partial charge in [0.15, 0.2) is 0 Å². The van der Waals surface area contributed by atoms with Crippen LogP contribution in [0.3, 0.4) is 0 Å². The van der Waals surface area contributed by atoms with E-state index in [4.69, 9.17) is 9.15 Å². The lowest BCUT2D eigenvalue weighted by molar-refractivity contribution is -0.130. The van der Waals surface area contributed by atoms with Gasteiger partial charge in [-0.2, -0.15) is 0 Å². The molecule has 1 aromatic heterocycles. The minimum absolute atomic E-state index is 0.00978. The summed E-state index contributed by atoms with van der Waals surface area (Å²) in [6.45, 7) is 5.57. The average Bonchev–Trinajstić information content (AvgIpc) is 2.57. The Kier molecular flexibility index (Phi) is 6.02. The molecule has 0 bridgehead atoms. The minimum Gasteiger partial charge on any atom is -0.491 e. The van der Waals surface area contributed by atoms with Gasteiger partial charge in [-0.1, -0.05) is 6.92 Å². The number of rotatable bonds is 6. The van der Waals surface area contributed by atoms with E-state index in [1.807, 2.05) is 13.8 Å². The second-order valence-electron chi connectivity index (χ2n) is 6.48. The number of amides is 2. The summed E-state index contributed by atoms with van der Waals surface area (Å²) in [5.74, 6) is -0.290. The summed E-state index contributed by atoms with van der Waals surface area (Å²) in [7, 11) is 3.22. The van der Waals surface area contributed by atoms with Crippen molar-refractivity contribution in [2.75, 3.05) is 14.1 Å². The van der Waals surface area contributed by atoms with Gasteiger partial charge in [-0.3, -0.25) is 9.59 Å². The Bertz CT molecular complexity index is 870. The van der Waals surface area contributed by atoms with Crippen molar-refractivity contribution in [3.63, 3.8) is 0 Å². The third kappa shape index (κ3) is 4.41. The Morgan fingerprint density at radius 2 is 1.92 bits per heavy atom. The maximum Gasteiger partial charge on any atom is 0.349 e. The molecule has 1 aromatic carbocycles. The molecular formula is C19H24N2O5. The molecule has 0 aliphatic heterocycles. The van der Waals surface area contributed by atoms with Crippen LogP contribution < -0.4 is 15.7 Å². The van der Waals surface area contributed by atoms with Gasteiger partial charge in [0.1, 0.15) is 22.9 Å². The number of likely N-dealkylation sites (N-methyl/N-ethyl adjacent to an activating group) is 1. The van der Waals surface area contributed by atoms with E-state index in [0.717, 1.165) is 0 Å². The molecule has 0 aliphatic carbocycles. The topological polar surface area (TPSA) is 88.8 Å². The van der Waals surface area contributed by atoms with E-state index in [1.165, 1.54) is 11.0 Å². The highest BCUT2D eigenvalue weighted by molar-refractivity contribution is 5.99. The first kappa shape index (κ1) is 19.5. The quantitative estimate of drug-likeness (QED) is 0.798. The number of hydrogen-bond acceptors (Lipinski definition) is 5. The fraction of sp³-hybridized carbons (Fsp3) is 0.421. The minimum atomic E-state index is -0.760. The maximum absolute atomic E-state index is 12.5. The van der Waals surface area contributed by atoms with Gasteiger partial charge in [0.2, 0.25) is 5.91 Å². The van der Waals surface area contributed by atoms with Gasteiger partial charge in [0.05, 0.1) is 6.10 Å². The van der Waals surface area contributed by atoms with Crippen LogP contribution >= 0.6 is 0 Å². The highest BCUT2D eigenvalue weighted by Crippen LogP contribution is 2.21. The molecule has 26 heavy (non-hydrogen) atoms. The second kappa shape index (κ2) is 8.03. The first-order valence-electron chi connectivity index (χ1n) is 8.49. The molecule has 0 saturated heterocycles. The van der Waals surface area contributed by atoms with Gasteiger partial charge in [-0.05, 0) is 38.5 Å². The van der Waals surface area contributed by atoms with Crippen LogP contribution in [-0.4, -0.2) is 43.0 Å². The lowest BCUT2D eigenvalue weighted by Crippen LogP contribution is -2.46. The zero-order valence-corrected chi connectivity index (χ0v) is 15.7. The molecular weight excluding hydrogens is 336 g/mol. The number of benzene rings is 1. The lowest BCUT2D eigenvalue weighted by atomic mass is 10.1. The monoisotopic (exact) mass is 360 g/mol. The summed E-state index contributed by atoms with van der Waals surface area (Å²) in [6, 6.07) is 5.84. The van der Waals surface area contributed by atoms with E-state index in [9.17, 15) is 14.4 Å². The summed E-state index contributed by atoms with van der Waals surface area (Å²) < 4.78 is 10.8. The number of ether oxygens (including phenoxy) is 1. The lowest BCUT2D eigenvalue weighted by Gasteiger charge is -2.20. The highest BCUT2D eigenvalue weighted by Gasteiger charge is 2.23. The number of carbonyl (C=O) groups is 2. The van der Waals surface area contributed by atoms with Gasteiger partial charge in [0.25, 0.3) is 5.91 Å². The van der Waals surface area contributed by atoms with E-state index in [2.05, 4.69) is 5.32 Å². The zero-order valence-electron chi connectivity index (χ0n) is 15.7. The molecule has 0 aliphatic rings. The summed E-state index contributed by atoms with van der Waals surface area (Å²) in [4.78, 5) is 38.1. The van der Waals surface area contributed by atoms with Crippen molar-refractivity contribution in [1.82, 2.24) is 10.2 Å². The highest BCUT2D eigenvalue weighted by atomic mass is 16.5. The molecule has 2 amide bonds. The van der Waals surface area contributed by atoms with Crippen molar-refractivity contribution >= 4 is 22.8 Å². The number of nitrogens with zero attached hydrogens (tertiary/aromatic N) is 1. The molecule has 1 heterocycles. The Hall–Kier alpha value is -2.83. The van der Waals surface area contributed by atoms with Crippen LogP contribution in [0.5, 0.6) is 5.75 Å². The van der Waals surface area contributed by atoms with Crippen molar-refractivity contribution in [1.29, 1.82) is 0 Å². The van der Waals surface area contributed by atoms with Crippen molar-refractivity contribution in [2.45, 2.75) is 39.3 Å². The van der Waals surface area contributed by atoms with E-state index in [0.29, 0.717) is 23.1 Å². The maximum atomic E-state index is 12.5. The average molecular weight is 360 g/mol. The van der Waals surface area contributed by atoms with Gasteiger partial charge >= 0.3 is 5.63 Å². The molecule has 2 aromatic rings. The first-order chi connectivity index (χ1) is 12.2. The van der Waals surface area contributed by atoms with Crippen molar-refractivity contribution in [3.8, 4) is 5.75 Å². The molecule has 7 nitrogen and oxygen atoms in total. The summed E-state index contributed by atoms with van der Waals surface area (Å²) in [6.07, 6.45) is 0.404. The number of hydrogen-bond donors (Lipinski definition) is 1. The van der Waals surface area contributed by atoms with Crippen LogP contribution in [0.1, 0.15) is 37.6 Å². The molecule has 1 atom stereocenters. The zero-order chi connectivity index (χ0) is 19.4. The Morgan fingerprint density at radius 3 is 2.50 bits per heavy atom. The Balaban J connectivity index is 2.31. The first-order valence-corrected chi connectivity index (χ1v) is 8.49. The van der Waals surface area contributed by atoms with Crippen LogP contribution in [-0.2, 0) is 4.79 Å². The largest absolute Gasteiger partial charge is 0.491 e. The fourth-order valence-electron chi connectivity index (χ4n) is 2.48. The second-order valence-corrected chi connectivity index (χ2v) is 6.48. The number of carbonyl (C=O) groups excluding carboxylic acids is 2. The van der Waals surface area contributed by atoms with Gasteiger partial charge in [0, 0.05) is 25.5 Å². The fourth-order valence-corrected chi connectivity index (χ4v) is 2.48. The molecule has 1 N–H and O–H groups in total. The molecule has 1 unspecified atom stereocenters. The molecule has 7 heteroatoms. The van der Waals surface area contributed by atoms with E-state index in [1.54, 1.807) is 39.2 Å². The number of nitrogens with one attached hydrogen (secondary N) is 1. The van der Waals surface area contributed by atoms with Crippen molar-refractivity contribution in [3.05, 3.63) is 40.2 Å². The standard InChI is InChI=1S/C19H24N2O5/c1-6-15(18(23)21(4)5)20-17(22)14-9-12-7-8-13(25-11(2)3)10-16(12)26-19(14)24/h7-11,15H,6H2,1-5H3,(H,20,22). The Labute approximate surface area is 151 Å². The summed E-state index contributed by atoms with van der Waals surface area (Å²) >= 11 is 0. The molecule has 2 rings (SSSR count). The molecule has 140 valence electrons. The van der Waals surface area contributed by atoms with E-state index in [-0.39, 0.29) is 17.6 Å². The van der Waals surface area contributed by atoms with Crippen LogP contribution in [0, 0.1) is 0 Å². The van der Waals surface area contributed by atoms with Crippen LogP contribution in [0.15, 0.2) is 33.5 Å². The summed E-state index contributed by atoms with van der Waals surface area (Å²) in [5.41, 5.74) is -0.565. The molecule has 0 radical (unpaired) electrons. The van der Waals surface area contributed by atoms with Crippen LogP contribution in [0.4, 0.5) is 0 Å². The molecule has 0 saturated carbocycles. The SMILES string of the molecule is CCC(NC(=O)c1cc2ccc(OC(C)C)cc2oc1=O)C(=O)N(C)C. The Morgan fingerprint density at radius 1 is 1.23 bits per heavy atom. The van der Waals surface area contributed by atoms with Gasteiger partial charge in [-0.15, -0.1) is 0 Å². The smallest absolute Gasteiger partial charge is 0.349 e. The third-order valence-corrected chi connectivity index (χ3v) is 3.78. The van der Waals surface area contributed by atoms with Crippen molar-refractivity contribution in [2.24, 2.45) is 0 Å². The van der Waals surface area contributed by atoms with Crippen molar-refractivity contribution < 1.29 is 18.7 Å². The normalized spacial score (nSPS) is 12.1. The van der Waals surface area contributed by atoms with E-state index >= 15 is 0 Å². The predicted molar refractivity (Wildman–Crippen MR) is 98.5 cm³/mol. The van der Waals surface area contributed by atoms with E-state index < -0.39 is 17.6 Å². The molecule has 0 spiro atoms. The number of fused-ring (bicyclic) bond motifs is 1.